The highest BCUT2D eigenvalue weighted by molar-refractivity contribution is 6.32. The van der Waals surface area contributed by atoms with Crippen LogP contribution in [0.5, 0.6) is 11.5 Å². The second-order valence-corrected chi connectivity index (χ2v) is 12.5. The normalized spacial score (nSPS) is 15.5. The van der Waals surface area contributed by atoms with Crippen molar-refractivity contribution in [2.45, 2.75) is 44.4 Å². The summed E-state index contributed by atoms with van der Waals surface area (Å²) in [5, 5.41) is 25.1. The monoisotopic (exact) mass is 707 g/mol. The lowest BCUT2D eigenvalue weighted by Gasteiger charge is -2.20. The quantitative estimate of drug-likeness (QED) is 0.102. The Morgan fingerprint density at radius 3 is 2.78 bits per heavy atom. The number of fused-ring (bicyclic) bond motifs is 1. The molecule has 0 fully saturated rings. The zero-order chi connectivity index (χ0) is 35.7. The van der Waals surface area contributed by atoms with Crippen LogP contribution < -0.4 is 20.1 Å². The number of nitriles is 1. The van der Waals surface area contributed by atoms with Crippen molar-refractivity contribution < 1.29 is 28.6 Å². The first-order chi connectivity index (χ1) is 24.8. The maximum Gasteiger partial charge on any atom is 0.332 e. The largest absolute Gasteiger partial charge is 0.488 e. The third kappa shape index (κ3) is 8.55. The number of aliphatic carboxylic acids is 1. The summed E-state index contributed by atoms with van der Waals surface area (Å²) in [5.41, 5.74) is 5.74. The average Bonchev–Trinajstić information content (AvgIpc) is 3.75. The van der Waals surface area contributed by atoms with Crippen LogP contribution in [0.1, 0.15) is 53.8 Å². The molecule has 0 bridgehead atoms. The number of nitrogens with zero attached hydrogens (tertiary/aromatic N) is 2. The lowest BCUT2D eigenvalue weighted by atomic mass is 9.96. The van der Waals surface area contributed by atoms with E-state index in [1.807, 2.05) is 36.4 Å². The Kier molecular flexibility index (Phi) is 11.3. The van der Waals surface area contributed by atoms with Gasteiger partial charge in [0, 0.05) is 36.7 Å². The molecule has 0 radical (unpaired) electrons. The minimum Gasteiger partial charge on any atom is -0.488 e. The standard InChI is InChI=1S/C39H35ClFN5O5/c40-31-17-26(20-43-15-14-37(47)46-38(39(48)49)33-21-44-23-45-33)35(50-22-25-7-2-1-6-24(16-25)19-42)18-36(31)51-34-13-12-28-27(9-5-10-30(28)34)29-8-3-4-11-32(29)41/h1,3-11,16-18,21,23,34,38,43H,2,12-15,20,22H2,(H,44,45)(H,46,47)(H,48,49)/t34?,38-/m1/s1. The number of aromatic nitrogens is 2. The molecule has 2 aliphatic rings. The van der Waals surface area contributed by atoms with Crippen LogP contribution in [0, 0.1) is 17.1 Å². The van der Waals surface area contributed by atoms with Crippen molar-refractivity contribution in [2.24, 2.45) is 0 Å². The van der Waals surface area contributed by atoms with Crippen LogP contribution >= 0.6 is 11.6 Å². The van der Waals surface area contributed by atoms with Gasteiger partial charge in [-0.05, 0) is 65.8 Å². The van der Waals surface area contributed by atoms with Gasteiger partial charge in [0.1, 0.15) is 30.0 Å². The van der Waals surface area contributed by atoms with E-state index >= 15 is 0 Å². The van der Waals surface area contributed by atoms with Crippen molar-refractivity contribution in [2.75, 3.05) is 13.2 Å². The zero-order valence-electron chi connectivity index (χ0n) is 27.5. The van der Waals surface area contributed by atoms with Crippen LogP contribution in [0.4, 0.5) is 4.39 Å². The van der Waals surface area contributed by atoms with Gasteiger partial charge in [0.25, 0.3) is 0 Å². The van der Waals surface area contributed by atoms with Gasteiger partial charge in [0.05, 0.1) is 34.9 Å². The van der Waals surface area contributed by atoms with Crippen molar-refractivity contribution in [3.63, 3.8) is 0 Å². The number of nitrogens with one attached hydrogen (secondary N) is 3. The summed E-state index contributed by atoms with van der Waals surface area (Å²) < 4.78 is 27.6. The summed E-state index contributed by atoms with van der Waals surface area (Å²) in [6.07, 6.45) is 11.9. The van der Waals surface area contributed by atoms with Crippen LogP contribution in [0.3, 0.4) is 0 Å². The maximum atomic E-state index is 14.7. The van der Waals surface area contributed by atoms with E-state index in [-0.39, 0.29) is 43.7 Å². The molecule has 3 aromatic carbocycles. The summed E-state index contributed by atoms with van der Waals surface area (Å²) in [7, 11) is 0. The Morgan fingerprint density at radius 1 is 1.16 bits per heavy atom. The molecule has 6 rings (SSSR count). The number of aromatic amines is 1. The topological polar surface area (TPSA) is 149 Å². The van der Waals surface area contributed by atoms with E-state index < -0.39 is 17.9 Å². The van der Waals surface area contributed by atoms with Gasteiger partial charge < -0.3 is 30.2 Å². The molecule has 1 unspecified atom stereocenters. The number of H-pyrrole nitrogens is 1. The van der Waals surface area contributed by atoms with E-state index in [1.165, 1.54) is 18.6 Å². The number of rotatable bonds is 14. The molecule has 10 nitrogen and oxygen atoms in total. The number of halogens is 2. The van der Waals surface area contributed by atoms with Crippen LogP contribution in [-0.2, 0) is 22.6 Å². The van der Waals surface area contributed by atoms with Gasteiger partial charge in [-0.15, -0.1) is 0 Å². The number of hydrogen-bond acceptors (Lipinski definition) is 7. The molecule has 0 saturated heterocycles. The number of carbonyl (C=O) groups excluding carboxylic acids is 1. The second-order valence-electron chi connectivity index (χ2n) is 12.1. The molecule has 1 aromatic heterocycles. The molecule has 260 valence electrons. The second kappa shape index (κ2) is 16.3. The predicted molar refractivity (Wildman–Crippen MR) is 189 cm³/mol. The van der Waals surface area contributed by atoms with Crippen molar-refractivity contribution in [1.29, 1.82) is 5.26 Å². The molecule has 4 aromatic rings. The Hall–Kier alpha value is -5.70. The molecule has 2 atom stereocenters. The fourth-order valence-electron chi connectivity index (χ4n) is 6.17. The van der Waals surface area contributed by atoms with Gasteiger partial charge in [-0.25, -0.2) is 14.2 Å². The van der Waals surface area contributed by atoms with Gasteiger partial charge >= 0.3 is 5.97 Å². The van der Waals surface area contributed by atoms with Gasteiger partial charge in [0.15, 0.2) is 6.04 Å². The lowest BCUT2D eigenvalue weighted by Crippen LogP contribution is -2.35. The fraction of sp³-hybridized carbons (Fsp3) is 0.231. The van der Waals surface area contributed by atoms with Crippen LogP contribution in [-0.4, -0.2) is 40.1 Å². The lowest BCUT2D eigenvalue weighted by molar-refractivity contribution is -0.142. The molecule has 1 amide bonds. The smallest absolute Gasteiger partial charge is 0.332 e. The summed E-state index contributed by atoms with van der Waals surface area (Å²) >= 11 is 6.81. The summed E-state index contributed by atoms with van der Waals surface area (Å²) in [5.74, 6) is -1.01. The SMILES string of the molecule is N#CC1=CC(COc2cc(OC3CCc4c(-c5ccccc5F)cccc43)c(Cl)cc2CNCCC(=O)N[C@@H](C(=O)O)c2cnc[nH]2)=CCC=C1. The molecule has 0 saturated carbocycles. The van der Waals surface area contributed by atoms with Crippen molar-refractivity contribution >= 4 is 23.5 Å². The van der Waals surface area contributed by atoms with E-state index in [0.29, 0.717) is 52.5 Å². The number of hydrogen-bond donors (Lipinski definition) is 4. The van der Waals surface area contributed by atoms with Gasteiger partial charge in [-0.3, -0.25) is 4.79 Å². The molecule has 0 aliphatic heterocycles. The number of carbonyl (C=O) groups is 2. The number of carboxylic acids is 1. The Bertz CT molecular complexity index is 2050. The minimum absolute atomic E-state index is 0.0145. The average molecular weight is 708 g/mol. The maximum absolute atomic E-state index is 14.7. The van der Waals surface area contributed by atoms with Crippen LogP contribution in [0.25, 0.3) is 11.1 Å². The first kappa shape index (κ1) is 35.1. The molecule has 2 aliphatic carbocycles. The van der Waals surface area contributed by atoms with Crippen LogP contribution in [0.2, 0.25) is 5.02 Å². The van der Waals surface area contributed by atoms with Crippen molar-refractivity contribution in [3.05, 3.63) is 136 Å². The Morgan fingerprint density at radius 2 is 2.00 bits per heavy atom. The molecule has 12 heteroatoms. The third-order valence-electron chi connectivity index (χ3n) is 8.67. The minimum atomic E-state index is -1.24. The first-order valence-corrected chi connectivity index (χ1v) is 16.9. The molecular formula is C39H35ClFN5O5. The summed E-state index contributed by atoms with van der Waals surface area (Å²) in [6, 6.07) is 17.0. The van der Waals surface area contributed by atoms with E-state index in [0.717, 1.165) is 22.3 Å². The summed E-state index contributed by atoms with van der Waals surface area (Å²) in [4.78, 5) is 30.8. The number of ether oxygens (including phenoxy) is 2. The highest BCUT2D eigenvalue weighted by Gasteiger charge is 2.28. The highest BCUT2D eigenvalue weighted by atomic mass is 35.5. The zero-order valence-corrected chi connectivity index (χ0v) is 28.3. The van der Waals surface area contributed by atoms with Gasteiger partial charge in [0.2, 0.25) is 5.91 Å². The molecule has 1 heterocycles. The van der Waals surface area contributed by atoms with E-state index in [1.54, 1.807) is 36.4 Å². The van der Waals surface area contributed by atoms with Crippen molar-refractivity contribution in [3.8, 4) is 28.7 Å². The van der Waals surface area contributed by atoms with Crippen molar-refractivity contribution in [1.82, 2.24) is 20.6 Å². The van der Waals surface area contributed by atoms with E-state index in [2.05, 4.69) is 26.7 Å². The van der Waals surface area contributed by atoms with E-state index in [4.69, 9.17) is 21.1 Å². The van der Waals surface area contributed by atoms with Gasteiger partial charge in [-0.2, -0.15) is 5.26 Å². The number of amides is 1. The molecule has 4 N–H and O–H groups in total. The van der Waals surface area contributed by atoms with Crippen LogP contribution in [0.15, 0.2) is 103 Å². The molecule has 0 spiro atoms. The number of benzene rings is 3. The fourth-order valence-corrected chi connectivity index (χ4v) is 6.40. The molecule has 51 heavy (non-hydrogen) atoms. The summed E-state index contributed by atoms with van der Waals surface area (Å²) in [6.45, 7) is 0.709. The Labute approximate surface area is 299 Å². The van der Waals surface area contributed by atoms with Gasteiger partial charge in [-0.1, -0.05) is 60.2 Å². The number of imidazole rings is 1. The number of allylic oxidation sites excluding steroid dienone is 4. The number of carboxylic acid groups (broad SMARTS) is 1. The van der Waals surface area contributed by atoms with E-state index in [9.17, 15) is 24.3 Å². The molecular weight excluding hydrogens is 673 g/mol. The Balaban J connectivity index is 1.18. The highest BCUT2D eigenvalue weighted by Crippen LogP contribution is 2.43. The first-order valence-electron chi connectivity index (χ1n) is 16.5. The predicted octanol–water partition coefficient (Wildman–Crippen LogP) is 7.07. The third-order valence-corrected chi connectivity index (χ3v) is 8.96.